The van der Waals surface area contributed by atoms with Crippen molar-refractivity contribution >= 4 is 40.7 Å². The van der Waals surface area contributed by atoms with Gasteiger partial charge in [-0.25, -0.2) is 28.1 Å². The van der Waals surface area contributed by atoms with Crippen molar-refractivity contribution in [2.45, 2.75) is 50.4 Å². The van der Waals surface area contributed by atoms with Crippen molar-refractivity contribution in [3.63, 3.8) is 0 Å². The number of rotatable bonds is 4. The normalized spacial score (nSPS) is 15.8. The van der Waals surface area contributed by atoms with Gasteiger partial charge in [-0.2, -0.15) is 49.1 Å². The number of fused-ring (bicyclic) bond motifs is 1. The van der Waals surface area contributed by atoms with E-state index < -0.39 is 48.1 Å². The highest BCUT2D eigenvalue weighted by atomic mass is 19.4. The van der Waals surface area contributed by atoms with E-state index in [1.54, 1.807) is 30.7 Å². The lowest BCUT2D eigenvalue weighted by Crippen LogP contribution is -2.47. The molecule has 2 atom stereocenters. The molecule has 2 unspecified atom stereocenters. The second-order valence-electron chi connectivity index (χ2n) is 10.5. The monoisotopic (exact) mass is 777 g/mol. The first-order chi connectivity index (χ1) is 24.3. The van der Waals surface area contributed by atoms with E-state index >= 15 is 0 Å². The molecule has 4 heterocycles. The number of aromatic nitrogens is 4. The SMILES string of the molecule is CC1CCC(N)CN1c1ccncc1Nc1ncc2ccc(-c3c(F)cccc3F)nn12.O=C(O)C(F)(F)F.O=C(O)C(F)(F)F.O=C(O)C(F)(F)F. The van der Waals surface area contributed by atoms with E-state index in [9.17, 15) is 48.3 Å². The molecule has 1 aliphatic heterocycles. The average Bonchev–Trinajstić information content (AvgIpc) is 3.44. The quantitative estimate of drug-likeness (QED) is 0.151. The number of pyridine rings is 1. The number of nitrogens with two attached hydrogens (primary N) is 1. The molecule has 1 aromatic carbocycles. The molecule has 5 rings (SSSR count). The van der Waals surface area contributed by atoms with E-state index in [0.717, 1.165) is 30.8 Å². The zero-order chi connectivity index (χ0) is 40.5. The largest absolute Gasteiger partial charge is 0.490 e. The summed E-state index contributed by atoms with van der Waals surface area (Å²) >= 11 is 0. The van der Waals surface area contributed by atoms with E-state index in [0.29, 0.717) is 17.5 Å². The number of alkyl halides is 9. The number of benzene rings is 1. The van der Waals surface area contributed by atoms with Crippen molar-refractivity contribution in [2.75, 3.05) is 16.8 Å². The summed E-state index contributed by atoms with van der Waals surface area (Å²) in [5.41, 5.74) is 8.63. The lowest BCUT2D eigenvalue weighted by molar-refractivity contribution is -0.193. The van der Waals surface area contributed by atoms with Crippen LogP contribution in [-0.4, -0.2) is 90.0 Å². The molecule has 0 bridgehead atoms. The Bertz CT molecular complexity index is 1810. The molecular weight excluding hydrogens is 751 g/mol. The molecule has 24 heteroatoms. The molecule has 1 aliphatic rings. The smallest absolute Gasteiger partial charge is 0.475 e. The highest BCUT2D eigenvalue weighted by Gasteiger charge is 2.39. The third-order valence-electron chi connectivity index (χ3n) is 6.60. The summed E-state index contributed by atoms with van der Waals surface area (Å²) in [6.45, 7) is 2.93. The van der Waals surface area contributed by atoms with Gasteiger partial charge in [0.2, 0.25) is 5.95 Å². The number of hydrogen-bond donors (Lipinski definition) is 5. The van der Waals surface area contributed by atoms with Crippen LogP contribution in [0.4, 0.5) is 65.6 Å². The fourth-order valence-corrected chi connectivity index (χ4v) is 4.17. The maximum atomic E-state index is 14.3. The first-order valence-electron chi connectivity index (χ1n) is 14.3. The van der Waals surface area contributed by atoms with Gasteiger partial charge in [0, 0.05) is 24.8 Å². The summed E-state index contributed by atoms with van der Waals surface area (Å²) in [7, 11) is 0. The molecule has 3 aromatic heterocycles. The summed E-state index contributed by atoms with van der Waals surface area (Å²) in [5, 5.41) is 29.1. The third kappa shape index (κ3) is 12.7. The standard InChI is InChI=1S/C23H23F2N7.3C2HF3O2/c1-14-5-6-15(26)13-31(14)21-9-10-27-12-20(21)29-23-28-11-16-7-8-19(30-32(16)23)22-17(24)3-2-4-18(22)25;3*3-2(4,5)1(6)7/h2-4,7-12,14-15H,5-6,13,26H2,1H3,(H,28,29);3*(H,6,7). The van der Waals surface area contributed by atoms with Gasteiger partial charge in [0.15, 0.2) is 0 Å². The predicted octanol–water partition coefficient (Wildman–Crippen LogP) is 6.03. The van der Waals surface area contributed by atoms with Gasteiger partial charge in [-0.1, -0.05) is 6.07 Å². The number of piperidine rings is 1. The van der Waals surface area contributed by atoms with Crippen molar-refractivity contribution in [2.24, 2.45) is 5.73 Å². The van der Waals surface area contributed by atoms with Crippen LogP contribution in [-0.2, 0) is 14.4 Å². The average molecular weight is 778 g/mol. The van der Waals surface area contributed by atoms with Crippen molar-refractivity contribution in [1.82, 2.24) is 19.6 Å². The van der Waals surface area contributed by atoms with Gasteiger partial charge in [0.1, 0.15) is 11.6 Å². The number of carboxylic acid groups (broad SMARTS) is 3. The van der Waals surface area contributed by atoms with E-state index in [4.69, 9.17) is 35.4 Å². The van der Waals surface area contributed by atoms with Gasteiger partial charge in [-0.3, -0.25) is 4.98 Å². The van der Waals surface area contributed by atoms with Gasteiger partial charge < -0.3 is 31.3 Å². The summed E-state index contributed by atoms with van der Waals surface area (Å²) < 4.78 is 125. The molecule has 0 amide bonds. The molecule has 13 nitrogen and oxygen atoms in total. The van der Waals surface area contributed by atoms with Crippen molar-refractivity contribution in [3.8, 4) is 11.3 Å². The minimum atomic E-state index is -5.08. The van der Waals surface area contributed by atoms with Crippen LogP contribution in [0.15, 0.2) is 55.0 Å². The summed E-state index contributed by atoms with van der Waals surface area (Å²) in [5.74, 6) is -9.19. The number of aliphatic carboxylic acids is 3. The molecule has 1 fully saturated rings. The molecule has 0 spiro atoms. The molecule has 4 aromatic rings. The van der Waals surface area contributed by atoms with Gasteiger partial charge in [-0.15, -0.1) is 0 Å². The molecule has 0 radical (unpaired) electrons. The highest BCUT2D eigenvalue weighted by molar-refractivity contribution is 5.75. The van der Waals surface area contributed by atoms with E-state index in [-0.39, 0.29) is 17.3 Å². The number of carboxylic acids is 3. The molecule has 0 aliphatic carbocycles. The molecule has 1 saturated heterocycles. The fourth-order valence-electron chi connectivity index (χ4n) is 4.17. The molecule has 290 valence electrons. The number of carbonyl (C=O) groups is 3. The molecular formula is C29H26F11N7O6. The third-order valence-corrected chi connectivity index (χ3v) is 6.60. The minimum Gasteiger partial charge on any atom is -0.475 e. The van der Waals surface area contributed by atoms with E-state index in [1.807, 2.05) is 6.07 Å². The van der Waals surface area contributed by atoms with Crippen LogP contribution in [0.25, 0.3) is 16.8 Å². The number of nitrogens with one attached hydrogen (secondary N) is 1. The number of hydrogen-bond acceptors (Lipinski definition) is 9. The van der Waals surface area contributed by atoms with Gasteiger partial charge in [0.05, 0.1) is 40.5 Å². The van der Waals surface area contributed by atoms with Crippen LogP contribution in [0.3, 0.4) is 0 Å². The zero-order valence-electron chi connectivity index (χ0n) is 26.5. The topological polar surface area (TPSA) is 196 Å². The summed E-state index contributed by atoms with van der Waals surface area (Å²) in [4.78, 5) is 37.6. The maximum absolute atomic E-state index is 14.3. The van der Waals surface area contributed by atoms with Crippen LogP contribution in [0.2, 0.25) is 0 Å². The van der Waals surface area contributed by atoms with E-state index in [2.05, 4.69) is 32.2 Å². The van der Waals surface area contributed by atoms with Gasteiger partial charge in [-0.05, 0) is 50.1 Å². The summed E-state index contributed by atoms with van der Waals surface area (Å²) in [6, 6.07) is 9.45. The Morgan fingerprint density at radius 2 is 1.32 bits per heavy atom. The predicted molar refractivity (Wildman–Crippen MR) is 161 cm³/mol. The van der Waals surface area contributed by atoms with Gasteiger partial charge in [0.25, 0.3) is 0 Å². The Morgan fingerprint density at radius 3 is 1.81 bits per heavy atom. The van der Waals surface area contributed by atoms with Crippen LogP contribution in [0.5, 0.6) is 0 Å². The van der Waals surface area contributed by atoms with Crippen LogP contribution < -0.4 is 16.0 Å². The van der Waals surface area contributed by atoms with E-state index in [1.165, 1.54) is 22.7 Å². The number of anilines is 3. The van der Waals surface area contributed by atoms with Crippen molar-refractivity contribution in [1.29, 1.82) is 0 Å². The zero-order valence-corrected chi connectivity index (χ0v) is 26.5. The van der Waals surface area contributed by atoms with Crippen LogP contribution >= 0.6 is 0 Å². The Kier molecular flexibility index (Phi) is 14.4. The lowest BCUT2D eigenvalue weighted by Gasteiger charge is -2.39. The second-order valence-corrected chi connectivity index (χ2v) is 10.5. The summed E-state index contributed by atoms with van der Waals surface area (Å²) in [6.07, 6.45) is -8.13. The minimum absolute atomic E-state index is 0.111. The van der Waals surface area contributed by atoms with Crippen LogP contribution in [0.1, 0.15) is 19.8 Å². The Labute approximate surface area is 289 Å². The first-order valence-corrected chi connectivity index (χ1v) is 14.3. The molecule has 6 N–H and O–H groups in total. The van der Waals surface area contributed by atoms with Crippen LogP contribution in [0, 0.1) is 11.6 Å². The van der Waals surface area contributed by atoms with Crippen molar-refractivity contribution in [3.05, 3.63) is 66.6 Å². The number of imidazole rings is 1. The molecule has 0 saturated carbocycles. The highest BCUT2D eigenvalue weighted by Crippen LogP contribution is 2.33. The number of halogens is 11. The second kappa shape index (κ2) is 17.6. The number of nitrogens with zero attached hydrogens (tertiary/aromatic N) is 5. The van der Waals surface area contributed by atoms with Gasteiger partial charge >= 0.3 is 36.4 Å². The fraction of sp³-hybridized carbons (Fsp3) is 0.310. The maximum Gasteiger partial charge on any atom is 0.490 e. The Balaban J connectivity index is 0.000000379. The Hall–Kier alpha value is -5.81. The van der Waals surface area contributed by atoms with Crippen molar-refractivity contribution < 1.29 is 78.0 Å². The molecule has 53 heavy (non-hydrogen) atoms. The Morgan fingerprint density at radius 1 is 0.811 bits per heavy atom. The first kappa shape index (κ1) is 43.4. The lowest BCUT2D eigenvalue weighted by atomic mass is 9.99.